The van der Waals surface area contributed by atoms with Crippen LogP contribution in [0.15, 0.2) is 4.79 Å². The molecular formula is C10H15N3O2. The van der Waals surface area contributed by atoms with Crippen molar-refractivity contribution in [3.63, 3.8) is 0 Å². The summed E-state index contributed by atoms with van der Waals surface area (Å²) in [5, 5.41) is 12.0. The first-order chi connectivity index (χ1) is 7.24. The molecule has 2 heterocycles. The summed E-state index contributed by atoms with van der Waals surface area (Å²) in [7, 11) is 0. The Labute approximate surface area is 87.8 Å². The van der Waals surface area contributed by atoms with E-state index < -0.39 is 0 Å². The fourth-order valence-corrected chi connectivity index (χ4v) is 1.88. The molecule has 1 aliphatic heterocycles. The van der Waals surface area contributed by atoms with E-state index in [9.17, 15) is 4.79 Å². The van der Waals surface area contributed by atoms with Crippen LogP contribution in [0.2, 0.25) is 0 Å². The summed E-state index contributed by atoms with van der Waals surface area (Å²) in [6.07, 6.45) is 1.33. The van der Waals surface area contributed by atoms with Crippen LogP contribution in [0.3, 0.4) is 0 Å². The van der Waals surface area contributed by atoms with Gasteiger partial charge in [0.2, 0.25) is 5.95 Å². The fraction of sp³-hybridized carbons (Fsp3) is 0.600. The van der Waals surface area contributed by atoms with Crippen LogP contribution in [-0.2, 0) is 13.0 Å². The molecule has 0 aliphatic carbocycles. The molecule has 0 fully saturated rings. The maximum Gasteiger partial charge on any atom is 0.258 e. The molecule has 5 heteroatoms. The third kappa shape index (κ3) is 1.74. The van der Waals surface area contributed by atoms with Gasteiger partial charge in [0.25, 0.3) is 5.56 Å². The van der Waals surface area contributed by atoms with Gasteiger partial charge >= 0.3 is 0 Å². The van der Waals surface area contributed by atoms with Gasteiger partial charge in [0, 0.05) is 31.7 Å². The van der Waals surface area contributed by atoms with Gasteiger partial charge in [0.05, 0.1) is 5.69 Å². The van der Waals surface area contributed by atoms with Gasteiger partial charge in [-0.1, -0.05) is 0 Å². The van der Waals surface area contributed by atoms with Gasteiger partial charge in [-0.05, 0) is 13.3 Å². The SMILES string of the molecule is Cc1nc2n(c(=O)c1CCO)CCCN2. The smallest absolute Gasteiger partial charge is 0.258 e. The van der Waals surface area contributed by atoms with Crippen molar-refractivity contribution >= 4 is 5.95 Å². The Morgan fingerprint density at radius 1 is 1.60 bits per heavy atom. The highest BCUT2D eigenvalue weighted by molar-refractivity contribution is 5.32. The molecule has 0 spiro atoms. The minimum absolute atomic E-state index is 0.00939. The molecule has 82 valence electrons. The molecule has 1 aliphatic rings. The van der Waals surface area contributed by atoms with Crippen LogP contribution < -0.4 is 10.9 Å². The van der Waals surface area contributed by atoms with Crippen molar-refractivity contribution < 1.29 is 5.11 Å². The summed E-state index contributed by atoms with van der Waals surface area (Å²) in [5.41, 5.74) is 1.33. The average molecular weight is 209 g/mol. The zero-order valence-corrected chi connectivity index (χ0v) is 8.79. The first-order valence-electron chi connectivity index (χ1n) is 5.19. The maximum atomic E-state index is 12.0. The number of aryl methyl sites for hydroxylation is 1. The molecule has 0 bridgehead atoms. The first kappa shape index (κ1) is 10.2. The lowest BCUT2D eigenvalue weighted by atomic mass is 10.1. The third-order valence-electron chi connectivity index (χ3n) is 2.67. The van der Waals surface area contributed by atoms with Crippen LogP contribution in [0.25, 0.3) is 0 Å². The van der Waals surface area contributed by atoms with E-state index in [1.165, 1.54) is 0 Å². The second-order valence-electron chi connectivity index (χ2n) is 3.71. The Kier molecular flexibility index (Phi) is 2.73. The number of hydrogen-bond donors (Lipinski definition) is 2. The molecule has 15 heavy (non-hydrogen) atoms. The van der Waals surface area contributed by atoms with Gasteiger partial charge in [-0.15, -0.1) is 0 Å². The van der Waals surface area contributed by atoms with E-state index in [0.29, 0.717) is 24.5 Å². The number of anilines is 1. The second kappa shape index (κ2) is 4.02. The summed E-state index contributed by atoms with van der Waals surface area (Å²) in [5.74, 6) is 0.658. The molecular weight excluding hydrogens is 194 g/mol. The van der Waals surface area contributed by atoms with E-state index in [1.54, 1.807) is 4.57 Å². The summed E-state index contributed by atoms with van der Waals surface area (Å²) >= 11 is 0. The average Bonchev–Trinajstić information content (AvgIpc) is 2.24. The normalized spacial score (nSPS) is 14.5. The van der Waals surface area contributed by atoms with Gasteiger partial charge in [-0.2, -0.15) is 0 Å². The molecule has 0 aromatic carbocycles. The Hall–Kier alpha value is -1.36. The van der Waals surface area contributed by atoms with Crippen molar-refractivity contribution in [2.45, 2.75) is 26.3 Å². The lowest BCUT2D eigenvalue weighted by Crippen LogP contribution is -2.33. The summed E-state index contributed by atoms with van der Waals surface area (Å²) < 4.78 is 1.65. The van der Waals surface area contributed by atoms with E-state index in [2.05, 4.69) is 10.3 Å². The second-order valence-corrected chi connectivity index (χ2v) is 3.71. The van der Waals surface area contributed by atoms with Gasteiger partial charge in [-0.3, -0.25) is 9.36 Å². The predicted molar refractivity (Wildman–Crippen MR) is 57.1 cm³/mol. The van der Waals surface area contributed by atoms with Crippen LogP contribution >= 0.6 is 0 Å². The van der Waals surface area contributed by atoms with Crippen LogP contribution in [-0.4, -0.2) is 27.8 Å². The highest BCUT2D eigenvalue weighted by Gasteiger charge is 2.15. The van der Waals surface area contributed by atoms with E-state index >= 15 is 0 Å². The molecule has 2 N–H and O–H groups in total. The molecule has 0 amide bonds. The minimum atomic E-state index is -0.0150. The van der Waals surface area contributed by atoms with E-state index in [1.807, 2.05) is 6.92 Å². The molecule has 0 unspecified atom stereocenters. The number of nitrogens with zero attached hydrogens (tertiary/aromatic N) is 2. The lowest BCUT2D eigenvalue weighted by Gasteiger charge is -2.20. The van der Waals surface area contributed by atoms with Crippen molar-refractivity contribution in [3.05, 3.63) is 21.6 Å². The van der Waals surface area contributed by atoms with Crippen molar-refractivity contribution in [3.8, 4) is 0 Å². The number of aliphatic hydroxyl groups excluding tert-OH is 1. The first-order valence-corrected chi connectivity index (χ1v) is 5.19. The quantitative estimate of drug-likeness (QED) is 0.714. The molecule has 0 saturated carbocycles. The predicted octanol–water partition coefficient (Wildman–Crippen LogP) is -0.0979. The van der Waals surface area contributed by atoms with E-state index in [0.717, 1.165) is 18.7 Å². The van der Waals surface area contributed by atoms with Crippen molar-refractivity contribution in [1.82, 2.24) is 9.55 Å². The van der Waals surface area contributed by atoms with Crippen LogP contribution in [0.5, 0.6) is 0 Å². The number of rotatable bonds is 2. The molecule has 1 aromatic rings. The van der Waals surface area contributed by atoms with Crippen molar-refractivity contribution in [2.24, 2.45) is 0 Å². The van der Waals surface area contributed by atoms with Gasteiger partial charge in [0.1, 0.15) is 0 Å². The maximum absolute atomic E-state index is 12.0. The van der Waals surface area contributed by atoms with Crippen LogP contribution in [0.4, 0.5) is 5.95 Å². The summed E-state index contributed by atoms with van der Waals surface area (Å²) in [6.45, 7) is 3.38. The highest BCUT2D eigenvalue weighted by Crippen LogP contribution is 2.11. The zero-order valence-electron chi connectivity index (χ0n) is 8.79. The molecule has 0 saturated heterocycles. The molecule has 1 aromatic heterocycles. The van der Waals surface area contributed by atoms with Crippen molar-refractivity contribution in [2.75, 3.05) is 18.5 Å². The number of hydrogen-bond acceptors (Lipinski definition) is 4. The highest BCUT2D eigenvalue weighted by atomic mass is 16.3. The topological polar surface area (TPSA) is 67.2 Å². The van der Waals surface area contributed by atoms with Crippen LogP contribution in [0.1, 0.15) is 17.7 Å². The largest absolute Gasteiger partial charge is 0.396 e. The van der Waals surface area contributed by atoms with Gasteiger partial charge in [-0.25, -0.2) is 4.98 Å². The molecule has 5 nitrogen and oxygen atoms in total. The fourth-order valence-electron chi connectivity index (χ4n) is 1.88. The van der Waals surface area contributed by atoms with Crippen LogP contribution in [0, 0.1) is 6.92 Å². The number of aromatic nitrogens is 2. The monoisotopic (exact) mass is 209 g/mol. The van der Waals surface area contributed by atoms with Gasteiger partial charge < -0.3 is 10.4 Å². The zero-order chi connectivity index (χ0) is 10.8. The molecule has 0 radical (unpaired) electrons. The Bertz CT molecular complexity index is 425. The van der Waals surface area contributed by atoms with Crippen molar-refractivity contribution in [1.29, 1.82) is 0 Å². The minimum Gasteiger partial charge on any atom is -0.396 e. The number of fused-ring (bicyclic) bond motifs is 1. The van der Waals surface area contributed by atoms with E-state index in [-0.39, 0.29) is 12.2 Å². The van der Waals surface area contributed by atoms with Gasteiger partial charge in [0.15, 0.2) is 0 Å². The van der Waals surface area contributed by atoms with E-state index in [4.69, 9.17) is 5.11 Å². The molecule has 2 rings (SSSR count). The Morgan fingerprint density at radius 2 is 2.40 bits per heavy atom. The third-order valence-corrected chi connectivity index (χ3v) is 2.67. The summed E-state index contributed by atoms with van der Waals surface area (Å²) in [4.78, 5) is 16.3. The standard InChI is InChI=1S/C10H15N3O2/c1-7-8(3-6-14)9(15)13-5-2-4-11-10(13)12-7/h14H,2-6H2,1H3,(H,11,12). The Morgan fingerprint density at radius 3 is 3.13 bits per heavy atom. The molecule has 0 atom stereocenters. The summed E-state index contributed by atoms with van der Waals surface area (Å²) in [6, 6.07) is 0. The lowest BCUT2D eigenvalue weighted by molar-refractivity contribution is 0.298. The number of aliphatic hydroxyl groups is 1. The number of nitrogens with one attached hydrogen (secondary N) is 1. The Balaban J connectivity index is 2.54.